The van der Waals surface area contributed by atoms with Crippen LogP contribution in [0.4, 0.5) is 0 Å². The van der Waals surface area contributed by atoms with Gasteiger partial charge in [-0.25, -0.2) is 4.98 Å². The summed E-state index contributed by atoms with van der Waals surface area (Å²) in [4.78, 5) is 6.51. The summed E-state index contributed by atoms with van der Waals surface area (Å²) in [6.07, 6.45) is 6.05. The van der Waals surface area contributed by atoms with Crippen molar-refractivity contribution in [2.24, 2.45) is 5.92 Å². The molecule has 2 rings (SSSR count). The summed E-state index contributed by atoms with van der Waals surface area (Å²) in [5.41, 5.74) is 1.47. The van der Waals surface area contributed by atoms with Crippen molar-refractivity contribution >= 4 is 11.3 Å². The fourth-order valence-corrected chi connectivity index (χ4v) is 4.48. The van der Waals surface area contributed by atoms with Crippen molar-refractivity contribution in [2.45, 2.75) is 65.3 Å². The van der Waals surface area contributed by atoms with Gasteiger partial charge in [-0.1, -0.05) is 27.7 Å². The molecule has 0 fully saturated rings. The van der Waals surface area contributed by atoms with Gasteiger partial charge in [0.1, 0.15) is 5.01 Å². The average Bonchev–Trinajstić information content (AvgIpc) is 2.91. The van der Waals surface area contributed by atoms with Crippen LogP contribution in [-0.4, -0.2) is 11.5 Å². The van der Waals surface area contributed by atoms with Gasteiger partial charge in [0.2, 0.25) is 0 Å². The summed E-state index contributed by atoms with van der Waals surface area (Å²) in [6.45, 7) is 10.2. The van der Waals surface area contributed by atoms with E-state index in [1.54, 1.807) is 4.88 Å². The Kier molecular flexibility index (Phi) is 4.44. The van der Waals surface area contributed by atoms with Crippen LogP contribution >= 0.6 is 11.3 Å². The molecule has 102 valence electrons. The third-order valence-corrected chi connectivity index (χ3v) is 5.55. The van der Waals surface area contributed by atoms with Crippen LogP contribution in [0.25, 0.3) is 0 Å². The lowest BCUT2D eigenvalue weighted by atomic mass is 9.84. The standard InChI is InChI=1S/C15H26N2S/c1-5-10-16-15(6-2,11(3)4)14-17-12-8-7-9-13(12)18-14/h11,16H,5-10H2,1-4H3. The molecule has 0 saturated carbocycles. The molecule has 18 heavy (non-hydrogen) atoms. The number of hydrogen-bond donors (Lipinski definition) is 1. The van der Waals surface area contributed by atoms with Crippen molar-refractivity contribution < 1.29 is 0 Å². The Morgan fingerprint density at radius 1 is 1.33 bits per heavy atom. The zero-order valence-corrected chi connectivity index (χ0v) is 13.0. The maximum absolute atomic E-state index is 4.96. The third-order valence-electron chi connectivity index (χ3n) is 4.21. The summed E-state index contributed by atoms with van der Waals surface area (Å²) >= 11 is 1.96. The topological polar surface area (TPSA) is 24.9 Å². The van der Waals surface area contributed by atoms with Gasteiger partial charge in [-0.2, -0.15) is 0 Å². The molecule has 1 unspecified atom stereocenters. The smallest absolute Gasteiger partial charge is 0.114 e. The second kappa shape index (κ2) is 5.70. The van der Waals surface area contributed by atoms with Gasteiger partial charge < -0.3 is 5.32 Å². The quantitative estimate of drug-likeness (QED) is 0.845. The van der Waals surface area contributed by atoms with Crippen molar-refractivity contribution in [2.75, 3.05) is 6.54 Å². The van der Waals surface area contributed by atoms with Crippen LogP contribution in [0.15, 0.2) is 0 Å². The number of nitrogens with zero attached hydrogens (tertiary/aromatic N) is 1. The average molecular weight is 266 g/mol. The summed E-state index contributed by atoms with van der Waals surface area (Å²) in [7, 11) is 0. The summed E-state index contributed by atoms with van der Waals surface area (Å²) in [5, 5.41) is 5.12. The highest BCUT2D eigenvalue weighted by atomic mass is 32.1. The second-order valence-corrected chi connectivity index (χ2v) is 6.73. The van der Waals surface area contributed by atoms with Gasteiger partial charge in [-0.05, 0) is 44.6 Å². The van der Waals surface area contributed by atoms with Crippen LogP contribution in [0.5, 0.6) is 0 Å². The van der Waals surface area contributed by atoms with Gasteiger partial charge in [-0.15, -0.1) is 11.3 Å². The van der Waals surface area contributed by atoms with Crippen molar-refractivity contribution in [1.82, 2.24) is 10.3 Å². The van der Waals surface area contributed by atoms with E-state index in [0.717, 1.165) is 13.0 Å². The molecule has 2 nitrogen and oxygen atoms in total. The van der Waals surface area contributed by atoms with E-state index >= 15 is 0 Å². The highest BCUT2D eigenvalue weighted by molar-refractivity contribution is 7.12. The van der Waals surface area contributed by atoms with Gasteiger partial charge in [0.15, 0.2) is 0 Å². The molecule has 0 bridgehead atoms. The first-order valence-electron chi connectivity index (χ1n) is 7.38. The van der Waals surface area contributed by atoms with Crippen LogP contribution in [0.3, 0.4) is 0 Å². The van der Waals surface area contributed by atoms with E-state index in [9.17, 15) is 0 Å². The van der Waals surface area contributed by atoms with E-state index in [0.29, 0.717) is 5.92 Å². The van der Waals surface area contributed by atoms with Gasteiger partial charge in [0.25, 0.3) is 0 Å². The molecule has 0 spiro atoms. The van der Waals surface area contributed by atoms with E-state index in [-0.39, 0.29) is 5.54 Å². The van der Waals surface area contributed by atoms with Crippen LogP contribution < -0.4 is 5.32 Å². The molecule has 1 N–H and O–H groups in total. The fourth-order valence-electron chi connectivity index (χ4n) is 2.94. The molecular weight excluding hydrogens is 240 g/mol. The minimum Gasteiger partial charge on any atom is -0.305 e. The van der Waals surface area contributed by atoms with Gasteiger partial charge in [-0.3, -0.25) is 0 Å². The number of aromatic nitrogens is 1. The molecule has 0 amide bonds. The molecule has 1 aromatic heterocycles. The summed E-state index contributed by atoms with van der Waals surface area (Å²) in [6, 6.07) is 0. The Balaban J connectivity index is 2.31. The Bertz CT molecular complexity index is 376. The van der Waals surface area contributed by atoms with E-state index in [1.165, 1.54) is 36.4 Å². The molecular formula is C15H26N2S. The lowest BCUT2D eigenvalue weighted by Crippen LogP contribution is -2.46. The molecule has 0 aromatic carbocycles. The summed E-state index contributed by atoms with van der Waals surface area (Å²) < 4.78 is 0. The minimum atomic E-state index is 0.0883. The normalized spacial score (nSPS) is 18.1. The van der Waals surface area contributed by atoms with E-state index in [4.69, 9.17) is 4.98 Å². The third kappa shape index (κ3) is 2.35. The molecule has 1 atom stereocenters. The van der Waals surface area contributed by atoms with Crippen molar-refractivity contribution in [1.29, 1.82) is 0 Å². The highest BCUT2D eigenvalue weighted by Crippen LogP contribution is 2.39. The molecule has 1 aromatic rings. The highest BCUT2D eigenvalue weighted by Gasteiger charge is 2.37. The molecule has 1 aliphatic rings. The number of nitrogens with one attached hydrogen (secondary N) is 1. The molecule has 0 saturated heterocycles. The first-order chi connectivity index (χ1) is 8.64. The van der Waals surface area contributed by atoms with Gasteiger partial charge in [0.05, 0.1) is 11.2 Å². The molecule has 3 heteroatoms. The zero-order chi connectivity index (χ0) is 13.2. The van der Waals surface area contributed by atoms with Crippen molar-refractivity contribution in [3.63, 3.8) is 0 Å². The van der Waals surface area contributed by atoms with Crippen molar-refractivity contribution in [3.8, 4) is 0 Å². The molecule has 0 aliphatic heterocycles. The van der Waals surface area contributed by atoms with Crippen LogP contribution in [0, 0.1) is 5.92 Å². The lowest BCUT2D eigenvalue weighted by molar-refractivity contribution is 0.228. The van der Waals surface area contributed by atoms with Gasteiger partial charge >= 0.3 is 0 Å². The fraction of sp³-hybridized carbons (Fsp3) is 0.800. The number of hydrogen-bond acceptors (Lipinski definition) is 3. The Morgan fingerprint density at radius 3 is 2.67 bits per heavy atom. The molecule has 1 aliphatic carbocycles. The lowest BCUT2D eigenvalue weighted by Gasteiger charge is -2.36. The number of rotatable bonds is 6. The number of fused-ring (bicyclic) bond motifs is 1. The van der Waals surface area contributed by atoms with Crippen LogP contribution in [0.2, 0.25) is 0 Å². The molecule has 1 heterocycles. The maximum Gasteiger partial charge on any atom is 0.114 e. The predicted octanol–water partition coefficient (Wildman–Crippen LogP) is 3.89. The van der Waals surface area contributed by atoms with E-state index in [2.05, 4.69) is 33.0 Å². The van der Waals surface area contributed by atoms with Crippen LogP contribution in [0.1, 0.15) is 62.5 Å². The Hall–Kier alpha value is -0.410. The zero-order valence-electron chi connectivity index (χ0n) is 12.2. The second-order valence-electron chi connectivity index (χ2n) is 5.65. The van der Waals surface area contributed by atoms with Crippen LogP contribution in [-0.2, 0) is 18.4 Å². The maximum atomic E-state index is 4.96. The van der Waals surface area contributed by atoms with E-state index in [1.807, 2.05) is 11.3 Å². The monoisotopic (exact) mass is 266 g/mol. The Morgan fingerprint density at radius 2 is 2.11 bits per heavy atom. The Labute approximate surface area is 115 Å². The largest absolute Gasteiger partial charge is 0.305 e. The summed E-state index contributed by atoms with van der Waals surface area (Å²) in [5.74, 6) is 0.584. The number of thiazole rings is 1. The van der Waals surface area contributed by atoms with Gasteiger partial charge in [0, 0.05) is 4.88 Å². The number of aryl methyl sites for hydroxylation is 2. The first-order valence-corrected chi connectivity index (χ1v) is 8.19. The van der Waals surface area contributed by atoms with E-state index < -0.39 is 0 Å². The predicted molar refractivity (Wildman–Crippen MR) is 79.2 cm³/mol. The van der Waals surface area contributed by atoms with Crippen molar-refractivity contribution in [3.05, 3.63) is 15.6 Å². The first kappa shape index (κ1) is 14.0. The SMILES string of the molecule is CCCNC(CC)(c1nc2c(s1)CCC2)C(C)C. The minimum absolute atomic E-state index is 0.0883. The molecule has 0 radical (unpaired) electrons.